The van der Waals surface area contributed by atoms with E-state index in [1.807, 2.05) is 0 Å². The molecule has 0 aliphatic rings. The summed E-state index contributed by atoms with van der Waals surface area (Å²) in [5.74, 6) is -0.211. The molecule has 2 heteroatoms. The van der Waals surface area contributed by atoms with Crippen molar-refractivity contribution in [1.82, 2.24) is 0 Å². The molecule has 0 radical (unpaired) electrons. The SMILES string of the molecule is C/C=C(/CCC(C)C)C(=O)O. The largest absolute Gasteiger partial charge is 0.478 e. The highest BCUT2D eigenvalue weighted by Gasteiger charge is 2.05. The summed E-state index contributed by atoms with van der Waals surface area (Å²) in [7, 11) is 0. The van der Waals surface area contributed by atoms with E-state index in [1.54, 1.807) is 13.0 Å². The molecule has 0 bridgehead atoms. The monoisotopic (exact) mass is 156 g/mol. The van der Waals surface area contributed by atoms with Crippen LogP contribution in [0.15, 0.2) is 11.6 Å². The fraction of sp³-hybridized carbons (Fsp3) is 0.667. The summed E-state index contributed by atoms with van der Waals surface area (Å²) < 4.78 is 0. The second-order valence-corrected chi connectivity index (χ2v) is 3.05. The Morgan fingerprint density at radius 2 is 2.09 bits per heavy atom. The van der Waals surface area contributed by atoms with Gasteiger partial charge in [0.25, 0.3) is 0 Å². The first kappa shape index (κ1) is 10.2. The van der Waals surface area contributed by atoms with Gasteiger partial charge >= 0.3 is 5.97 Å². The van der Waals surface area contributed by atoms with Crippen LogP contribution in [-0.4, -0.2) is 11.1 Å². The first-order chi connectivity index (χ1) is 5.07. The molecule has 0 aromatic heterocycles. The van der Waals surface area contributed by atoms with Gasteiger partial charge in [0.2, 0.25) is 0 Å². The van der Waals surface area contributed by atoms with Crippen LogP contribution in [0, 0.1) is 5.92 Å². The van der Waals surface area contributed by atoms with E-state index in [2.05, 4.69) is 13.8 Å². The van der Waals surface area contributed by atoms with E-state index in [4.69, 9.17) is 5.11 Å². The topological polar surface area (TPSA) is 37.3 Å². The minimum Gasteiger partial charge on any atom is -0.478 e. The van der Waals surface area contributed by atoms with Crippen molar-refractivity contribution in [3.8, 4) is 0 Å². The Kier molecular flexibility index (Phi) is 4.59. The van der Waals surface area contributed by atoms with Gasteiger partial charge in [-0.3, -0.25) is 0 Å². The molecule has 0 aliphatic carbocycles. The third-order valence-corrected chi connectivity index (χ3v) is 1.61. The van der Waals surface area contributed by atoms with Crippen molar-refractivity contribution in [2.75, 3.05) is 0 Å². The number of carbonyl (C=O) groups is 1. The molecule has 0 aliphatic heterocycles. The molecule has 0 heterocycles. The summed E-state index contributed by atoms with van der Waals surface area (Å²) in [5, 5.41) is 8.62. The van der Waals surface area contributed by atoms with Gasteiger partial charge in [-0.25, -0.2) is 4.79 Å². The second kappa shape index (κ2) is 4.94. The predicted octanol–water partition coefficient (Wildman–Crippen LogP) is 2.45. The van der Waals surface area contributed by atoms with Crippen molar-refractivity contribution in [1.29, 1.82) is 0 Å². The third-order valence-electron chi connectivity index (χ3n) is 1.61. The summed E-state index contributed by atoms with van der Waals surface area (Å²) in [6.07, 6.45) is 3.31. The van der Waals surface area contributed by atoms with E-state index in [0.717, 1.165) is 6.42 Å². The van der Waals surface area contributed by atoms with Crippen molar-refractivity contribution in [3.05, 3.63) is 11.6 Å². The van der Waals surface area contributed by atoms with Crippen molar-refractivity contribution >= 4 is 5.97 Å². The molecule has 11 heavy (non-hydrogen) atoms. The normalized spacial score (nSPS) is 12.2. The van der Waals surface area contributed by atoms with Gasteiger partial charge < -0.3 is 5.11 Å². The molecule has 2 nitrogen and oxygen atoms in total. The van der Waals surface area contributed by atoms with Crippen LogP contribution >= 0.6 is 0 Å². The lowest BCUT2D eigenvalue weighted by Crippen LogP contribution is -2.01. The number of aliphatic carboxylic acids is 1. The van der Waals surface area contributed by atoms with Gasteiger partial charge in [-0.2, -0.15) is 0 Å². The minimum absolute atomic E-state index is 0.527. The number of hydrogen-bond acceptors (Lipinski definition) is 1. The smallest absolute Gasteiger partial charge is 0.331 e. The lowest BCUT2D eigenvalue weighted by molar-refractivity contribution is -0.132. The van der Waals surface area contributed by atoms with Gasteiger partial charge in [0.05, 0.1) is 0 Å². The van der Waals surface area contributed by atoms with Gasteiger partial charge in [-0.05, 0) is 25.7 Å². The molecule has 0 atom stereocenters. The minimum atomic E-state index is -0.784. The molecule has 0 saturated carbocycles. The van der Waals surface area contributed by atoms with E-state index in [-0.39, 0.29) is 0 Å². The van der Waals surface area contributed by atoms with E-state index < -0.39 is 5.97 Å². The van der Waals surface area contributed by atoms with Gasteiger partial charge in [-0.15, -0.1) is 0 Å². The maximum atomic E-state index is 10.5. The van der Waals surface area contributed by atoms with Crippen LogP contribution in [0.1, 0.15) is 33.6 Å². The van der Waals surface area contributed by atoms with Crippen LogP contribution in [0.2, 0.25) is 0 Å². The average Bonchev–Trinajstić information content (AvgIpc) is 1.87. The molecule has 0 aromatic carbocycles. The zero-order valence-electron chi connectivity index (χ0n) is 7.42. The van der Waals surface area contributed by atoms with Crippen molar-refractivity contribution < 1.29 is 9.90 Å². The fourth-order valence-corrected chi connectivity index (χ4v) is 0.819. The maximum Gasteiger partial charge on any atom is 0.331 e. The number of carboxylic acids is 1. The predicted molar refractivity (Wildman–Crippen MR) is 45.5 cm³/mol. The molecule has 0 saturated heterocycles. The Hall–Kier alpha value is -0.790. The van der Waals surface area contributed by atoms with Crippen LogP contribution in [0.3, 0.4) is 0 Å². The number of rotatable bonds is 4. The number of hydrogen-bond donors (Lipinski definition) is 1. The molecule has 0 unspecified atom stereocenters. The summed E-state index contributed by atoms with van der Waals surface area (Å²) in [6, 6.07) is 0. The first-order valence-electron chi connectivity index (χ1n) is 3.96. The Morgan fingerprint density at radius 3 is 2.36 bits per heavy atom. The number of carboxylic acid groups (broad SMARTS) is 1. The van der Waals surface area contributed by atoms with Crippen LogP contribution < -0.4 is 0 Å². The lowest BCUT2D eigenvalue weighted by Gasteiger charge is -2.03. The van der Waals surface area contributed by atoms with Crippen LogP contribution in [-0.2, 0) is 4.79 Å². The molecular weight excluding hydrogens is 140 g/mol. The Bertz CT molecular complexity index is 157. The summed E-state index contributed by atoms with van der Waals surface area (Å²) >= 11 is 0. The van der Waals surface area contributed by atoms with Crippen molar-refractivity contribution in [2.24, 2.45) is 5.92 Å². The Labute approximate surface area is 67.9 Å². The molecule has 0 spiro atoms. The van der Waals surface area contributed by atoms with Crippen LogP contribution in [0.4, 0.5) is 0 Å². The Balaban J connectivity index is 3.82. The highest BCUT2D eigenvalue weighted by atomic mass is 16.4. The second-order valence-electron chi connectivity index (χ2n) is 3.05. The summed E-state index contributed by atoms with van der Waals surface area (Å²) in [6.45, 7) is 5.95. The molecule has 64 valence electrons. The standard InChI is InChI=1S/C9H16O2/c1-4-8(9(10)11)6-5-7(2)3/h4,7H,5-6H2,1-3H3,(H,10,11)/b8-4-. The van der Waals surface area contributed by atoms with Crippen molar-refractivity contribution in [3.63, 3.8) is 0 Å². The zero-order valence-corrected chi connectivity index (χ0v) is 7.42. The highest BCUT2D eigenvalue weighted by molar-refractivity contribution is 5.86. The third kappa shape index (κ3) is 4.59. The zero-order chi connectivity index (χ0) is 8.85. The molecule has 0 amide bonds. The van der Waals surface area contributed by atoms with E-state index >= 15 is 0 Å². The summed E-state index contributed by atoms with van der Waals surface area (Å²) in [5.41, 5.74) is 0.527. The first-order valence-corrected chi connectivity index (χ1v) is 3.96. The molecule has 0 fully saturated rings. The van der Waals surface area contributed by atoms with Crippen LogP contribution in [0.5, 0.6) is 0 Å². The molecule has 0 aromatic rings. The van der Waals surface area contributed by atoms with E-state index in [0.29, 0.717) is 17.9 Å². The molecule has 0 rings (SSSR count). The number of allylic oxidation sites excluding steroid dienone is 1. The molecular formula is C9H16O2. The average molecular weight is 156 g/mol. The molecule has 1 N–H and O–H groups in total. The summed E-state index contributed by atoms with van der Waals surface area (Å²) in [4.78, 5) is 10.5. The van der Waals surface area contributed by atoms with Gasteiger partial charge in [0, 0.05) is 5.57 Å². The van der Waals surface area contributed by atoms with Crippen molar-refractivity contribution in [2.45, 2.75) is 33.6 Å². The fourth-order valence-electron chi connectivity index (χ4n) is 0.819. The van der Waals surface area contributed by atoms with Gasteiger partial charge in [-0.1, -0.05) is 19.9 Å². The lowest BCUT2D eigenvalue weighted by atomic mass is 10.0. The maximum absolute atomic E-state index is 10.5. The van der Waals surface area contributed by atoms with Crippen LogP contribution in [0.25, 0.3) is 0 Å². The van der Waals surface area contributed by atoms with E-state index in [9.17, 15) is 4.79 Å². The Morgan fingerprint density at radius 1 is 1.55 bits per heavy atom. The highest BCUT2D eigenvalue weighted by Crippen LogP contribution is 2.10. The van der Waals surface area contributed by atoms with Gasteiger partial charge in [0.15, 0.2) is 0 Å². The quantitative estimate of drug-likeness (QED) is 0.635. The van der Waals surface area contributed by atoms with Gasteiger partial charge in [0.1, 0.15) is 0 Å². The van der Waals surface area contributed by atoms with E-state index in [1.165, 1.54) is 0 Å².